The zero-order valence-electron chi connectivity index (χ0n) is 14.7. The molecule has 1 N–H and O–H groups in total. The summed E-state index contributed by atoms with van der Waals surface area (Å²) in [6, 6.07) is 12.4. The van der Waals surface area contributed by atoms with Crippen LogP contribution in [-0.4, -0.2) is 27.8 Å². The number of sulfonamides is 1. The molecule has 0 unspecified atom stereocenters. The quantitative estimate of drug-likeness (QED) is 0.779. The van der Waals surface area contributed by atoms with E-state index >= 15 is 0 Å². The molecule has 0 aliphatic carbocycles. The maximum absolute atomic E-state index is 11.0. The Kier molecular flexibility index (Phi) is 6.02. The maximum Gasteiger partial charge on any atom is 0.208 e. The van der Waals surface area contributed by atoms with Gasteiger partial charge in [0.25, 0.3) is 0 Å². The Morgan fingerprint density at radius 2 is 1.62 bits per heavy atom. The molecule has 0 saturated heterocycles. The van der Waals surface area contributed by atoms with Crippen molar-refractivity contribution in [1.29, 1.82) is 0 Å². The highest BCUT2D eigenvalue weighted by molar-refractivity contribution is 7.88. The van der Waals surface area contributed by atoms with Gasteiger partial charge < -0.3 is 4.74 Å². The fraction of sp³-hybridized carbons (Fsp3) is 0.368. The maximum atomic E-state index is 11.0. The third-order valence-corrected chi connectivity index (χ3v) is 4.60. The minimum Gasteiger partial charge on any atom is -0.494 e. The lowest BCUT2D eigenvalue weighted by Crippen LogP contribution is -2.24. The second-order valence-corrected chi connectivity index (χ2v) is 7.95. The van der Waals surface area contributed by atoms with Crippen molar-refractivity contribution >= 4 is 10.0 Å². The largest absolute Gasteiger partial charge is 0.494 e. The van der Waals surface area contributed by atoms with E-state index in [-0.39, 0.29) is 0 Å². The van der Waals surface area contributed by atoms with Crippen molar-refractivity contribution in [3.05, 3.63) is 53.1 Å². The molecular weight excluding hydrogens is 322 g/mol. The van der Waals surface area contributed by atoms with Gasteiger partial charge in [0.15, 0.2) is 0 Å². The fourth-order valence-corrected chi connectivity index (χ4v) is 3.32. The van der Waals surface area contributed by atoms with Gasteiger partial charge in [0, 0.05) is 6.54 Å². The first kappa shape index (κ1) is 18.5. The van der Waals surface area contributed by atoms with Gasteiger partial charge in [-0.3, -0.25) is 0 Å². The van der Waals surface area contributed by atoms with Crippen LogP contribution < -0.4 is 9.46 Å². The van der Waals surface area contributed by atoms with Crippen LogP contribution in [0.1, 0.15) is 23.1 Å². The molecule has 0 heterocycles. The lowest BCUT2D eigenvalue weighted by molar-refractivity contribution is 0.311. The molecule has 2 rings (SSSR count). The van der Waals surface area contributed by atoms with Crippen molar-refractivity contribution in [2.45, 2.75) is 27.2 Å². The Hall–Kier alpha value is -1.85. The molecule has 0 fully saturated rings. The number of rotatable bonds is 7. The van der Waals surface area contributed by atoms with Crippen LogP contribution in [0.15, 0.2) is 36.4 Å². The van der Waals surface area contributed by atoms with E-state index in [1.807, 2.05) is 18.2 Å². The Morgan fingerprint density at radius 3 is 2.21 bits per heavy atom. The summed E-state index contributed by atoms with van der Waals surface area (Å²) in [4.78, 5) is 0. The minimum absolute atomic E-state index is 0.387. The molecule has 5 heteroatoms. The average Bonchev–Trinajstić information content (AvgIpc) is 2.47. The van der Waals surface area contributed by atoms with Crippen LogP contribution in [0.3, 0.4) is 0 Å². The lowest BCUT2D eigenvalue weighted by Gasteiger charge is -2.15. The normalized spacial score (nSPS) is 11.5. The van der Waals surface area contributed by atoms with E-state index in [0.29, 0.717) is 19.6 Å². The number of hydrogen-bond donors (Lipinski definition) is 1. The van der Waals surface area contributed by atoms with Gasteiger partial charge in [-0.2, -0.15) is 0 Å². The topological polar surface area (TPSA) is 55.4 Å². The molecular formula is C19H25NO3S. The summed E-state index contributed by atoms with van der Waals surface area (Å²) in [5.41, 5.74) is 6.10. The average molecular weight is 347 g/mol. The molecule has 130 valence electrons. The first-order chi connectivity index (χ1) is 11.3. The summed E-state index contributed by atoms with van der Waals surface area (Å²) in [5, 5.41) is 0. The summed E-state index contributed by atoms with van der Waals surface area (Å²) in [5.74, 6) is 0.821. The number of aryl methyl sites for hydroxylation is 3. The van der Waals surface area contributed by atoms with Gasteiger partial charge in [0.05, 0.1) is 12.9 Å². The van der Waals surface area contributed by atoms with Gasteiger partial charge in [-0.05, 0) is 67.1 Å². The monoisotopic (exact) mass is 347 g/mol. The van der Waals surface area contributed by atoms with Crippen LogP contribution in [0.25, 0.3) is 11.1 Å². The summed E-state index contributed by atoms with van der Waals surface area (Å²) in [6.45, 7) is 7.16. The summed E-state index contributed by atoms with van der Waals surface area (Å²) in [7, 11) is -3.13. The van der Waals surface area contributed by atoms with E-state index in [2.05, 4.69) is 43.7 Å². The van der Waals surface area contributed by atoms with Crippen molar-refractivity contribution in [1.82, 2.24) is 4.72 Å². The smallest absolute Gasteiger partial charge is 0.208 e. The van der Waals surface area contributed by atoms with Gasteiger partial charge in [-0.1, -0.05) is 24.3 Å². The summed E-state index contributed by atoms with van der Waals surface area (Å²) >= 11 is 0. The number of nitrogens with one attached hydrogen (secondary N) is 1. The van der Waals surface area contributed by atoms with Crippen LogP contribution >= 0.6 is 0 Å². The molecule has 0 atom stereocenters. The predicted molar refractivity (Wildman–Crippen MR) is 99.0 cm³/mol. The van der Waals surface area contributed by atoms with Crippen LogP contribution in [0.4, 0.5) is 0 Å². The van der Waals surface area contributed by atoms with Crippen molar-refractivity contribution in [2.24, 2.45) is 0 Å². The van der Waals surface area contributed by atoms with Crippen LogP contribution in [0.2, 0.25) is 0 Å². The molecule has 0 saturated carbocycles. The van der Waals surface area contributed by atoms with Crippen molar-refractivity contribution < 1.29 is 13.2 Å². The van der Waals surface area contributed by atoms with Gasteiger partial charge in [-0.25, -0.2) is 13.1 Å². The molecule has 0 aliphatic rings. The molecule has 0 radical (unpaired) electrons. The van der Waals surface area contributed by atoms with Crippen LogP contribution in [-0.2, 0) is 10.0 Å². The Balaban J connectivity index is 2.06. The predicted octanol–water partition coefficient (Wildman–Crippen LogP) is 3.60. The molecule has 2 aromatic rings. The van der Waals surface area contributed by atoms with Crippen LogP contribution in [0.5, 0.6) is 5.75 Å². The third kappa shape index (κ3) is 5.08. The van der Waals surface area contributed by atoms with E-state index in [9.17, 15) is 8.42 Å². The van der Waals surface area contributed by atoms with Gasteiger partial charge in [-0.15, -0.1) is 0 Å². The SMILES string of the molecule is Cc1ccccc1-c1c(C)cc(OCCCNS(C)(=O)=O)cc1C. The van der Waals surface area contributed by atoms with E-state index in [1.165, 1.54) is 27.8 Å². The van der Waals surface area contributed by atoms with Gasteiger partial charge in [0.1, 0.15) is 5.75 Å². The second kappa shape index (κ2) is 7.81. The first-order valence-corrected chi connectivity index (χ1v) is 9.92. The van der Waals surface area contributed by atoms with Crippen molar-refractivity contribution in [3.8, 4) is 16.9 Å². The third-order valence-electron chi connectivity index (χ3n) is 3.87. The zero-order valence-corrected chi connectivity index (χ0v) is 15.5. The van der Waals surface area contributed by atoms with E-state index in [4.69, 9.17) is 4.74 Å². The minimum atomic E-state index is -3.13. The molecule has 0 amide bonds. The Labute approximate surface area is 144 Å². The van der Waals surface area contributed by atoms with Crippen molar-refractivity contribution in [2.75, 3.05) is 19.4 Å². The molecule has 0 aromatic heterocycles. The number of hydrogen-bond acceptors (Lipinski definition) is 3. The molecule has 4 nitrogen and oxygen atoms in total. The molecule has 0 aliphatic heterocycles. The highest BCUT2D eigenvalue weighted by atomic mass is 32.2. The second-order valence-electron chi connectivity index (χ2n) is 6.12. The Bertz CT molecular complexity index is 790. The van der Waals surface area contributed by atoms with Crippen molar-refractivity contribution in [3.63, 3.8) is 0 Å². The molecule has 0 spiro atoms. The molecule has 24 heavy (non-hydrogen) atoms. The molecule has 2 aromatic carbocycles. The lowest BCUT2D eigenvalue weighted by atomic mass is 9.92. The molecule has 0 bridgehead atoms. The highest BCUT2D eigenvalue weighted by Gasteiger charge is 2.10. The standard InChI is InChI=1S/C19H25NO3S/c1-14-8-5-6-9-18(14)19-15(2)12-17(13-16(19)3)23-11-7-10-20-24(4,21)22/h5-6,8-9,12-13,20H,7,10-11H2,1-4H3. The number of ether oxygens (including phenoxy) is 1. The highest BCUT2D eigenvalue weighted by Crippen LogP contribution is 2.32. The summed E-state index contributed by atoms with van der Waals surface area (Å²) < 4.78 is 30.2. The fourth-order valence-electron chi connectivity index (χ4n) is 2.81. The zero-order chi connectivity index (χ0) is 17.7. The summed E-state index contributed by atoms with van der Waals surface area (Å²) in [6.07, 6.45) is 1.79. The Morgan fingerprint density at radius 1 is 1.00 bits per heavy atom. The van der Waals surface area contributed by atoms with Gasteiger partial charge >= 0.3 is 0 Å². The van der Waals surface area contributed by atoms with E-state index in [0.717, 1.165) is 12.0 Å². The van der Waals surface area contributed by atoms with E-state index in [1.54, 1.807) is 0 Å². The van der Waals surface area contributed by atoms with Crippen LogP contribution in [0, 0.1) is 20.8 Å². The van der Waals surface area contributed by atoms with Gasteiger partial charge in [0.2, 0.25) is 10.0 Å². The number of benzene rings is 2. The van der Waals surface area contributed by atoms with E-state index < -0.39 is 10.0 Å². The first-order valence-electron chi connectivity index (χ1n) is 8.02.